The first-order chi connectivity index (χ1) is 13.8. The molecule has 8 heteroatoms. The van der Waals surface area contributed by atoms with E-state index in [1.54, 1.807) is 0 Å². The Morgan fingerprint density at radius 1 is 1.14 bits per heavy atom. The van der Waals surface area contributed by atoms with Crippen molar-refractivity contribution >= 4 is 17.6 Å². The van der Waals surface area contributed by atoms with Crippen molar-refractivity contribution in [3.05, 3.63) is 22.7 Å². The molecule has 2 aliphatic rings. The van der Waals surface area contributed by atoms with Gasteiger partial charge in [-0.1, -0.05) is 11.6 Å². The molecule has 1 aromatic rings. The SMILES string of the molecule is CCNC(=NCc1cc(Cl)c2c(c1)OCCCO2)NCCCN1CCOCC1. The van der Waals surface area contributed by atoms with Gasteiger partial charge < -0.3 is 24.8 Å². The van der Waals surface area contributed by atoms with E-state index in [9.17, 15) is 0 Å². The second-order valence-electron chi connectivity index (χ2n) is 6.88. The Bertz CT molecular complexity index is 651. The van der Waals surface area contributed by atoms with Crippen LogP contribution in [0.3, 0.4) is 0 Å². The highest BCUT2D eigenvalue weighted by molar-refractivity contribution is 6.32. The van der Waals surface area contributed by atoms with E-state index >= 15 is 0 Å². The van der Waals surface area contributed by atoms with E-state index in [0.29, 0.717) is 36.3 Å². The summed E-state index contributed by atoms with van der Waals surface area (Å²) >= 11 is 6.37. The van der Waals surface area contributed by atoms with Crippen LogP contribution in [-0.2, 0) is 11.3 Å². The number of halogens is 1. The molecule has 0 amide bonds. The van der Waals surface area contributed by atoms with Gasteiger partial charge in [-0.05, 0) is 37.6 Å². The van der Waals surface area contributed by atoms with Crippen LogP contribution in [-0.4, -0.2) is 70.0 Å². The normalized spacial score (nSPS) is 17.9. The Morgan fingerprint density at radius 3 is 2.79 bits per heavy atom. The van der Waals surface area contributed by atoms with E-state index in [-0.39, 0.29) is 0 Å². The lowest BCUT2D eigenvalue weighted by Gasteiger charge is -2.26. The van der Waals surface area contributed by atoms with Crippen molar-refractivity contribution in [3.8, 4) is 11.5 Å². The molecule has 0 aliphatic carbocycles. The first kappa shape index (κ1) is 21.0. The zero-order valence-electron chi connectivity index (χ0n) is 16.6. The molecule has 0 unspecified atom stereocenters. The van der Waals surface area contributed by atoms with Gasteiger partial charge in [0, 0.05) is 32.6 Å². The summed E-state index contributed by atoms with van der Waals surface area (Å²) in [7, 11) is 0. The lowest BCUT2D eigenvalue weighted by molar-refractivity contribution is 0.0376. The third-order valence-corrected chi connectivity index (χ3v) is 4.95. The van der Waals surface area contributed by atoms with E-state index in [4.69, 9.17) is 25.8 Å². The number of morpholine rings is 1. The van der Waals surface area contributed by atoms with Gasteiger partial charge in [0.05, 0.1) is 38.0 Å². The fourth-order valence-corrected chi connectivity index (χ4v) is 3.51. The van der Waals surface area contributed by atoms with Gasteiger partial charge in [0.15, 0.2) is 17.5 Å². The van der Waals surface area contributed by atoms with Crippen LogP contribution in [0.15, 0.2) is 17.1 Å². The van der Waals surface area contributed by atoms with Crippen molar-refractivity contribution in [2.75, 3.05) is 59.2 Å². The molecule has 156 valence electrons. The van der Waals surface area contributed by atoms with Gasteiger partial charge in [0.1, 0.15) is 0 Å². The quantitative estimate of drug-likeness (QED) is 0.408. The minimum absolute atomic E-state index is 0.523. The third-order valence-electron chi connectivity index (χ3n) is 4.67. The second kappa shape index (κ2) is 11.3. The van der Waals surface area contributed by atoms with E-state index < -0.39 is 0 Å². The number of hydrogen-bond donors (Lipinski definition) is 2. The van der Waals surface area contributed by atoms with E-state index in [1.807, 2.05) is 12.1 Å². The maximum Gasteiger partial charge on any atom is 0.191 e. The molecule has 2 aliphatic heterocycles. The summed E-state index contributed by atoms with van der Waals surface area (Å²) in [6.45, 7) is 10.4. The van der Waals surface area contributed by atoms with Crippen LogP contribution < -0.4 is 20.1 Å². The monoisotopic (exact) mass is 410 g/mol. The smallest absolute Gasteiger partial charge is 0.191 e. The summed E-state index contributed by atoms with van der Waals surface area (Å²) in [5, 5.41) is 7.28. The molecule has 2 heterocycles. The highest BCUT2D eigenvalue weighted by Gasteiger charge is 2.15. The van der Waals surface area contributed by atoms with Gasteiger partial charge in [-0.2, -0.15) is 0 Å². The number of benzene rings is 1. The zero-order chi connectivity index (χ0) is 19.6. The van der Waals surface area contributed by atoms with Gasteiger partial charge in [-0.15, -0.1) is 0 Å². The molecule has 1 aromatic carbocycles. The predicted molar refractivity (Wildman–Crippen MR) is 112 cm³/mol. The Morgan fingerprint density at radius 2 is 1.96 bits per heavy atom. The van der Waals surface area contributed by atoms with Crippen molar-refractivity contribution in [3.63, 3.8) is 0 Å². The third kappa shape index (κ3) is 6.43. The summed E-state index contributed by atoms with van der Waals surface area (Å²) < 4.78 is 16.8. The van der Waals surface area contributed by atoms with Crippen molar-refractivity contribution < 1.29 is 14.2 Å². The maximum atomic E-state index is 6.37. The summed E-state index contributed by atoms with van der Waals surface area (Å²) in [6.07, 6.45) is 1.93. The fourth-order valence-electron chi connectivity index (χ4n) is 3.22. The van der Waals surface area contributed by atoms with Crippen LogP contribution in [0.4, 0.5) is 0 Å². The molecular weight excluding hydrogens is 380 g/mol. The minimum Gasteiger partial charge on any atom is -0.489 e. The average molecular weight is 411 g/mol. The van der Waals surface area contributed by atoms with Crippen LogP contribution in [0.5, 0.6) is 11.5 Å². The highest BCUT2D eigenvalue weighted by Crippen LogP contribution is 2.38. The van der Waals surface area contributed by atoms with Crippen molar-refractivity contribution in [2.24, 2.45) is 4.99 Å². The first-order valence-electron chi connectivity index (χ1n) is 10.2. The molecule has 3 rings (SSSR count). The molecule has 0 saturated carbocycles. The number of ether oxygens (including phenoxy) is 3. The van der Waals surface area contributed by atoms with E-state index in [1.165, 1.54) is 0 Å². The van der Waals surface area contributed by atoms with E-state index in [2.05, 4.69) is 27.4 Å². The van der Waals surface area contributed by atoms with Gasteiger partial charge >= 0.3 is 0 Å². The number of aliphatic imine (C=N–C) groups is 1. The molecule has 7 nitrogen and oxygen atoms in total. The Kier molecular flexibility index (Phi) is 8.51. The molecule has 0 atom stereocenters. The van der Waals surface area contributed by atoms with Crippen LogP contribution in [0.2, 0.25) is 5.02 Å². The lowest BCUT2D eigenvalue weighted by Crippen LogP contribution is -2.40. The number of hydrogen-bond acceptors (Lipinski definition) is 5. The molecule has 2 N–H and O–H groups in total. The number of guanidine groups is 1. The minimum atomic E-state index is 0.523. The van der Waals surface area contributed by atoms with Crippen LogP contribution in [0, 0.1) is 0 Å². The zero-order valence-corrected chi connectivity index (χ0v) is 17.4. The molecule has 1 saturated heterocycles. The number of nitrogens with zero attached hydrogens (tertiary/aromatic N) is 2. The molecule has 0 spiro atoms. The molecular formula is C20H31ClN4O3. The average Bonchev–Trinajstić information content (AvgIpc) is 2.96. The van der Waals surface area contributed by atoms with Crippen LogP contribution in [0.1, 0.15) is 25.3 Å². The van der Waals surface area contributed by atoms with Gasteiger partial charge in [-0.25, -0.2) is 4.99 Å². The molecule has 0 bridgehead atoms. The number of nitrogens with one attached hydrogen (secondary N) is 2. The largest absolute Gasteiger partial charge is 0.489 e. The molecule has 0 aromatic heterocycles. The standard InChI is InChI=1S/C20H31ClN4O3/c1-2-22-20(23-5-3-6-25-7-11-26-12-8-25)24-15-16-13-17(21)19-18(14-16)27-9-4-10-28-19/h13-14H,2-12,15H2,1H3,(H2,22,23,24). The predicted octanol–water partition coefficient (Wildman–Crippen LogP) is 2.28. The van der Waals surface area contributed by atoms with Crippen molar-refractivity contribution in [2.45, 2.75) is 26.3 Å². The van der Waals surface area contributed by atoms with Crippen molar-refractivity contribution in [1.82, 2.24) is 15.5 Å². The lowest BCUT2D eigenvalue weighted by atomic mass is 10.2. The first-order valence-corrected chi connectivity index (χ1v) is 10.5. The Balaban J connectivity index is 1.52. The number of rotatable bonds is 7. The summed E-state index contributed by atoms with van der Waals surface area (Å²) in [4.78, 5) is 7.13. The maximum absolute atomic E-state index is 6.37. The van der Waals surface area contributed by atoms with Crippen LogP contribution in [0.25, 0.3) is 0 Å². The van der Waals surface area contributed by atoms with Crippen molar-refractivity contribution in [1.29, 1.82) is 0 Å². The fraction of sp³-hybridized carbons (Fsp3) is 0.650. The Labute approximate surface area is 172 Å². The van der Waals surface area contributed by atoms with Crippen LogP contribution >= 0.6 is 11.6 Å². The van der Waals surface area contributed by atoms with E-state index in [0.717, 1.165) is 70.3 Å². The molecule has 0 radical (unpaired) electrons. The second-order valence-corrected chi connectivity index (χ2v) is 7.29. The summed E-state index contributed by atoms with van der Waals surface area (Å²) in [5.41, 5.74) is 1.000. The topological polar surface area (TPSA) is 67.4 Å². The molecule has 28 heavy (non-hydrogen) atoms. The van der Waals surface area contributed by atoms with Gasteiger partial charge in [0.25, 0.3) is 0 Å². The summed E-state index contributed by atoms with van der Waals surface area (Å²) in [5.74, 6) is 2.16. The highest BCUT2D eigenvalue weighted by atomic mass is 35.5. The number of fused-ring (bicyclic) bond motifs is 1. The molecule has 1 fully saturated rings. The van der Waals surface area contributed by atoms with Gasteiger partial charge in [-0.3, -0.25) is 4.90 Å². The Hall–Kier alpha value is -1.70. The summed E-state index contributed by atoms with van der Waals surface area (Å²) in [6, 6.07) is 3.87. The van der Waals surface area contributed by atoms with Gasteiger partial charge in [0.2, 0.25) is 0 Å².